The first-order valence-corrected chi connectivity index (χ1v) is 9.13. The number of ether oxygens (including phenoxy) is 2. The highest BCUT2D eigenvalue weighted by Gasteiger charge is 2.19. The number of hydrogen-bond acceptors (Lipinski definition) is 5. The number of amides is 2. The second kappa shape index (κ2) is 8.35. The fraction of sp³-hybridized carbons (Fsp3) is 0.294. The topological polar surface area (TPSA) is 76.7 Å². The molecule has 2 aromatic rings. The smallest absolute Gasteiger partial charge is 0.279 e. The summed E-state index contributed by atoms with van der Waals surface area (Å²) >= 11 is 4.75. The van der Waals surface area contributed by atoms with Gasteiger partial charge in [0.1, 0.15) is 11.5 Å². The molecule has 0 aliphatic carbocycles. The van der Waals surface area contributed by atoms with E-state index in [2.05, 4.69) is 26.8 Å². The van der Waals surface area contributed by atoms with Crippen molar-refractivity contribution in [2.24, 2.45) is 0 Å². The van der Waals surface area contributed by atoms with E-state index in [0.29, 0.717) is 20.8 Å². The van der Waals surface area contributed by atoms with E-state index in [1.54, 1.807) is 6.07 Å². The maximum atomic E-state index is 12.4. The fourth-order valence-electron chi connectivity index (χ4n) is 2.29. The Morgan fingerprint density at radius 3 is 2.36 bits per heavy atom. The van der Waals surface area contributed by atoms with Gasteiger partial charge >= 0.3 is 0 Å². The third kappa shape index (κ3) is 4.32. The van der Waals surface area contributed by atoms with Crippen LogP contribution in [-0.4, -0.2) is 26.0 Å². The van der Waals surface area contributed by atoms with Crippen molar-refractivity contribution in [3.8, 4) is 11.5 Å². The number of carbonyl (C=O) groups is 2. The van der Waals surface area contributed by atoms with E-state index in [9.17, 15) is 9.59 Å². The maximum Gasteiger partial charge on any atom is 0.279 e. The SMILES string of the molecule is CCc1sc(C(=O)NNC(=O)c2cc(OC)cc(Br)c2OC)cc1C. The van der Waals surface area contributed by atoms with Crippen molar-refractivity contribution in [2.45, 2.75) is 20.3 Å². The summed E-state index contributed by atoms with van der Waals surface area (Å²) in [6.45, 7) is 4.00. The Labute approximate surface area is 158 Å². The van der Waals surface area contributed by atoms with Crippen molar-refractivity contribution in [3.63, 3.8) is 0 Å². The molecule has 0 saturated heterocycles. The molecule has 0 unspecified atom stereocenters. The Kier molecular flexibility index (Phi) is 6.44. The molecule has 25 heavy (non-hydrogen) atoms. The molecule has 6 nitrogen and oxygen atoms in total. The molecule has 0 aliphatic rings. The van der Waals surface area contributed by atoms with E-state index in [-0.39, 0.29) is 11.5 Å². The lowest BCUT2D eigenvalue weighted by atomic mass is 10.2. The summed E-state index contributed by atoms with van der Waals surface area (Å²) < 4.78 is 11.0. The van der Waals surface area contributed by atoms with Gasteiger partial charge in [-0.2, -0.15) is 0 Å². The Morgan fingerprint density at radius 2 is 1.80 bits per heavy atom. The molecule has 0 bridgehead atoms. The third-order valence-electron chi connectivity index (χ3n) is 3.56. The van der Waals surface area contributed by atoms with E-state index in [4.69, 9.17) is 9.47 Å². The van der Waals surface area contributed by atoms with Gasteiger partial charge in [0.15, 0.2) is 0 Å². The Balaban J connectivity index is 2.14. The monoisotopic (exact) mass is 426 g/mol. The zero-order valence-corrected chi connectivity index (χ0v) is 16.8. The van der Waals surface area contributed by atoms with Gasteiger partial charge in [0.25, 0.3) is 11.8 Å². The maximum absolute atomic E-state index is 12.4. The van der Waals surface area contributed by atoms with Crippen molar-refractivity contribution >= 4 is 39.1 Å². The van der Waals surface area contributed by atoms with Gasteiger partial charge in [-0.15, -0.1) is 11.3 Å². The summed E-state index contributed by atoms with van der Waals surface area (Å²) in [5.74, 6) is -0.0192. The number of hydrogen-bond donors (Lipinski definition) is 2. The van der Waals surface area contributed by atoms with E-state index >= 15 is 0 Å². The van der Waals surface area contributed by atoms with E-state index < -0.39 is 5.91 Å². The van der Waals surface area contributed by atoms with Crippen molar-refractivity contribution in [1.82, 2.24) is 10.9 Å². The van der Waals surface area contributed by atoms with Crippen molar-refractivity contribution < 1.29 is 19.1 Å². The highest BCUT2D eigenvalue weighted by molar-refractivity contribution is 9.10. The number of carbonyl (C=O) groups excluding carboxylic acids is 2. The van der Waals surface area contributed by atoms with Crippen LogP contribution < -0.4 is 20.3 Å². The number of methoxy groups -OCH3 is 2. The van der Waals surface area contributed by atoms with E-state index in [0.717, 1.165) is 16.9 Å². The average Bonchev–Trinajstić information content (AvgIpc) is 2.99. The van der Waals surface area contributed by atoms with Crippen molar-refractivity contribution in [1.29, 1.82) is 0 Å². The van der Waals surface area contributed by atoms with Gasteiger partial charge in [0, 0.05) is 4.88 Å². The number of benzene rings is 1. The second-order valence-corrected chi connectivity index (χ2v) is 7.16. The molecule has 2 N–H and O–H groups in total. The predicted octanol–water partition coefficient (Wildman–Crippen LogP) is 3.47. The molecule has 1 aromatic carbocycles. The molecule has 1 heterocycles. The van der Waals surface area contributed by atoms with Crippen molar-refractivity contribution in [3.05, 3.63) is 43.6 Å². The number of halogens is 1. The van der Waals surface area contributed by atoms with Crippen LogP contribution in [0.2, 0.25) is 0 Å². The lowest BCUT2D eigenvalue weighted by Crippen LogP contribution is -2.41. The van der Waals surface area contributed by atoms with Gasteiger partial charge < -0.3 is 9.47 Å². The summed E-state index contributed by atoms with van der Waals surface area (Å²) in [6.07, 6.45) is 0.866. The molecule has 0 atom stereocenters. The largest absolute Gasteiger partial charge is 0.497 e. The van der Waals surface area contributed by atoms with Gasteiger partial charge in [-0.05, 0) is 53.0 Å². The highest BCUT2D eigenvalue weighted by atomic mass is 79.9. The first kappa shape index (κ1) is 19.3. The molecular formula is C17H19BrN2O4S. The molecule has 0 saturated carbocycles. The molecule has 0 aliphatic heterocycles. The molecular weight excluding hydrogens is 408 g/mol. The van der Waals surface area contributed by atoms with Crippen LogP contribution >= 0.6 is 27.3 Å². The first-order chi connectivity index (χ1) is 11.9. The molecule has 1 aromatic heterocycles. The zero-order chi connectivity index (χ0) is 18.6. The molecule has 0 spiro atoms. The summed E-state index contributed by atoms with van der Waals surface area (Å²) in [5, 5.41) is 0. The molecule has 134 valence electrons. The number of thiophene rings is 1. The number of rotatable bonds is 5. The number of nitrogens with one attached hydrogen (secondary N) is 2. The predicted molar refractivity (Wildman–Crippen MR) is 101 cm³/mol. The Bertz CT molecular complexity index is 804. The number of hydrazine groups is 1. The van der Waals surface area contributed by atoms with Crippen LogP contribution in [0.25, 0.3) is 0 Å². The minimum atomic E-state index is -0.506. The minimum Gasteiger partial charge on any atom is -0.497 e. The van der Waals surface area contributed by atoms with Crippen molar-refractivity contribution in [2.75, 3.05) is 14.2 Å². The summed E-state index contributed by atoms with van der Waals surface area (Å²) in [6, 6.07) is 5.04. The average molecular weight is 427 g/mol. The lowest BCUT2D eigenvalue weighted by molar-refractivity contribution is 0.0847. The second-order valence-electron chi connectivity index (χ2n) is 5.17. The summed E-state index contributed by atoms with van der Waals surface area (Å²) in [5.41, 5.74) is 6.15. The fourth-order valence-corrected chi connectivity index (χ4v) is 3.90. The van der Waals surface area contributed by atoms with Gasteiger partial charge in [-0.1, -0.05) is 6.92 Å². The van der Waals surface area contributed by atoms with Crippen LogP contribution in [0.1, 0.15) is 37.4 Å². The lowest BCUT2D eigenvalue weighted by Gasteiger charge is -2.13. The van der Waals surface area contributed by atoms with Crippen LogP contribution in [0.3, 0.4) is 0 Å². The molecule has 2 rings (SSSR count). The van der Waals surface area contributed by atoms with Crippen LogP contribution in [0.15, 0.2) is 22.7 Å². The van der Waals surface area contributed by atoms with Crippen LogP contribution in [0, 0.1) is 6.92 Å². The van der Waals surface area contributed by atoms with Crippen LogP contribution in [0.4, 0.5) is 0 Å². The normalized spacial score (nSPS) is 10.3. The minimum absolute atomic E-state index is 0.241. The van der Waals surface area contributed by atoms with E-state index in [1.807, 2.05) is 19.9 Å². The number of aryl methyl sites for hydroxylation is 2. The van der Waals surface area contributed by atoms with Crippen LogP contribution in [0.5, 0.6) is 11.5 Å². The van der Waals surface area contributed by atoms with Gasteiger partial charge in [-0.25, -0.2) is 0 Å². The molecule has 0 radical (unpaired) electrons. The van der Waals surface area contributed by atoms with E-state index in [1.165, 1.54) is 31.6 Å². The quantitative estimate of drug-likeness (QED) is 0.717. The third-order valence-corrected chi connectivity index (χ3v) is 5.53. The zero-order valence-electron chi connectivity index (χ0n) is 14.4. The highest BCUT2D eigenvalue weighted by Crippen LogP contribution is 2.33. The summed E-state index contributed by atoms with van der Waals surface area (Å²) in [7, 11) is 2.96. The molecule has 8 heteroatoms. The summed E-state index contributed by atoms with van der Waals surface area (Å²) in [4.78, 5) is 26.4. The Hall–Kier alpha value is -2.06. The van der Waals surface area contributed by atoms with Gasteiger partial charge in [0.2, 0.25) is 0 Å². The first-order valence-electron chi connectivity index (χ1n) is 7.52. The van der Waals surface area contributed by atoms with Gasteiger partial charge in [0.05, 0.1) is 29.1 Å². The molecule has 0 fully saturated rings. The standard InChI is InChI=1S/C17H19BrN2O4S/c1-5-13-9(2)6-14(25-13)17(22)20-19-16(21)11-7-10(23-3)8-12(18)15(11)24-4/h6-8H,5H2,1-4H3,(H,19,21)(H,20,22). The Morgan fingerprint density at radius 1 is 1.12 bits per heavy atom. The van der Waals surface area contributed by atoms with Crippen LogP contribution in [-0.2, 0) is 6.42 Å². The molecule has 2 amide bonds. The van der Waals surface area contributed by atoms with Gasteiger partial charge in [-0.3, -0.25) is 20.4 Å².